The van der Waals surface area contributed by atoms with Crippen LogP contribution in [0.25, 0.3) is 11.0 Å². The molecule has 2 rings (SSSR count). The maximum absolute atomic E-state index is 12.4. The fraction of sp³-hybridized carbons (Fsp3) is 0. The van der Waals surface area contributed by atoms with E-state index in [0.717, 1.165) is 24.5 Å². The maximum atomic E-state index is 12.4. The van der Waals surface area contributed by atoms with Crippen molar-refractivity contribution in [1.29, 1.82) is 0 Å². The van der Waals surface area contributed by atoms with Gasteiger partial charge in [-0.15, -0.1) is 5.46 Å². The molecule has 7 heteroatoms. The molecule has 1 heterocycles. The van der Waals surface area contributed by atoms with E-state index in [1.54, 1.807) is 0 Å². The summed E-state index contributed by atoms with van der Waals surface area (Å²) in [5.41, 5.74) is -1.16. The third-order valence-corrected chi connectivity index (χ3v) is 2.06. The van der Waals surface area contributed by atoms with Crippen molar-refractivity contribution in [2.24, 2.45) is 0 Å². The van der Waals surface area contributed by atoms with E-state index in [1.807, 2.05) is 0 Å². The summed E-state index contributed by atoms with van der Waals surface area (Å²) in [4.78, 5) is 11.2. The third-order valence-electron chi connectivity index (χ3n) is 2.06. The number of halogens is 3. The standard InChI is InChI=1S/C9H5BF3O2.K/c11-10(12,13)6-1-2-7-8(14)3-4-15-9(7)5-6;/h1-5H;/q-1;+1. The molecule has 0 unspecified atom stereocenters. The summed E-state index contributed by atoms with van der Waals surface area (Å²) in [6.45, 7) is -5.06. The second-order valence-corrected chi connectivity index (χ2v) is 3.12. The van der Waals surface area contributed by atoms with Gasteiger partial charge >= 0.3 is 58.4 Å². The minimum absolute atomic E-state index is 0. The summed E-state index contributed by atoms with van der Waals surface area (Å²) < 4.78 is 41.9. The Morgan fingerprint density at radius 2 is 1.81 bits per heavy atom. The van der Waals surface area contributed by atoms with Gasteiger partial charge in [0.1, 0.15) is 5.58 Å². The summed E-state index contributed by atoms with van der Waals surface area (Å²) >= 11 is 0. The Kier molecular flexibility index (Phi) is 4.42. The van der Waals surface area contributed by atoms with Gasteiger partial charge in [0, 0.05) is 6.07 Å². The largest absolute Gasteiger partial charge is 1.00 e. The number of hydrogen-bond acceptors (Lipinski definition) is 2. The van der Waals surface area contributed by atoms with Gasteiger partial charge in [0.2, 0.25) is 0 Å². The third kappa shape index (κ3) is 2.78. The van der Waals surface area contributed by atoms with Crippen molar-refractivity contribution in [3.05, 3.63) is 40.8 Å². The SMILES string of the molecule is O=c1ccoc2cc([B-](F)(F)F)ccc12.[K+]. The number of fused-ring (bicyclic) bond motifs is 1. The van der Waals surface area contributed by atoms with E-state index in [9.17, 15) is 17.7 Å². The average Bonchev–Trinajstić information content (AvgIpc) is 2.16. The quantitative estimate of drug-likeness (QED) is 0.600. The van der Waals surface area contributed by atoms with Gasteiger partial charge in [0.15, 0.2) is 5.43 Å². The van der Waals surface area contributed by atoms with Crippen molar-refractivity contribution in [2.45, 2.75) is 0 Å². The van der Waals surface area contributed by atoms with Crippen molar-refractivity contribution in [1.82, 2.24) is 0 Å². The first-order chi connectivity index (χ1) is 6.98. The van der Waals surface area contributed by atoms with Crippen LogP contribution in [0.1, 0.15) is 0 Å². The fourth-order valence-electron chi connectivity index (χ4n) is 1.30. The Bertz CT molecular complexity index is 564. The van der Waals surface area contributed by atoms with Crippen LogP contribution in [-0.4, -0.2) is 6.98 Å². The summed E-state index contributed by atoms with van der Waals surface area (Å²) in [6, 6.07) is 4.03. The first-order valence-corrected chi connectivity index (χ1v) is 4.20. The van der Waals surface area contributed by atoms with E-state index >= 15 is 0 Å². The first kappa shape index (κ1) is 14.0. The van der Waals surface area contributed by atoms with Gasteiger partial charge in [-0.25, -0.2) is 0 Å². The molecule has 2 nitrogen and oxygen atoms in total. The number of benzene rings is 1. The molecular formula is C9H5BF3KO2. The molecule has 0 aliphatic heterocycles. The van der Waals surface area contributed by atoms with Crippen molar-refractivity contribution < 1.29 is 68.7 Å². The second-order valence-electron chi connectivity index (χ2n) is 3.12. The number of rotatable bonds is 1. The van der Waals surface area contributed by atoms with Crippen LogP contribution in [-0.2, 0) is 0 Å². The van der Waals surface area contributed by atoms with E-state index < -0.39 is 12.4 Å². The van der Waals surface area contributed by atoms with Crippen molar-refractivity contribution >= 4 is 23.4 Å². The molecular weight excluding hydrogens is 247 g/mol. The summed E-state index contributed by atoms with van der Waals surface area (Å²) in [7, 11) is 0. The van der Waals surface area contributed by atoms with Crippen LogP contribution in [0, 0.1) is 0 Å². The van der Waals surface area contributed by atoms with E-state index in [2.05, 4.69) is 0 Å². The maximum Gasteiger partial charge on any atom is 1.00 e. The van der Waals surface area contributed by atoms with Gasteiger partial charge in [-0.3, -0.25) is 4.79 Å². The molecule has 0 radical (unpaired) electrons. The Morgan fingerprint density at radius 1 is 1.12 bits per heavy atom. The molecule has 0 spiro atoms. The smallest absolute Gasteiger partial charge is 0.464 e. The molecule has 0 saturated carbocycles. The van der Waals surface area contributed by atoms with Crippen molar-refractivity contribution in [2.75, 3.05) is 0 Å². The summed E-state index contributed by atoms with van der Waals surface area (Å²) in [5, 5.41) is 0.154. The molecule has 0 aliphatic rings. The van der Waals surface area contributed by atoms with Crippen LogP contribution >= 0.6 is 0 Å². The normalized spacial score (nSPS) is 11.2. The molecule has 1 aromatic heterocycles. The van der Waals surface area contributed by atoms with E-state index in [1.165, 1.54) is 6.07 Å². The Hall–Kier alpha value is -0.0787. The predicted octanol–water partition coefficient (Wildman–Crippen LogP) is -1.15. The molecule has 0 amide bonds. The zero-order chi connectivity index (χ0) is 11.1. The summed E-state index contributed by atoms with van der Waals surface area (Å²) in [6.07, 6.45) is 1.08. The van der Waals surface area contributed by atoms with E-state index in [4.69, 9.17) is 4.42 Å². The zero-order valence-electron chi connectivity index (χ0n) is 8.41. The van der Waals surface area contributed by atoms with Crippen LogP contribution in [0.2, 0.25) is 0 Å². The van der Waals surface area contributed by atoms with Gasteiger partial charge in [0.05, 0.1) is 11.6 Å². The minimum atomic E-state index is -5.06. The summed E-state index contributed by atoms with van der Waals surface area (Å²) in [5.74, 6) is 0. The van der Waals surface area contributed by atoms with Crippen molar-refractivity contribution in [3.63, 3.8) is 0 Å². The number of hydrogen-bond donors (Lipinski definition) is 0. The Morgan fingerprint density at radius 3 is 2.44 bits per heavy atom. The average molecular weight is 252 g/mol. The van der Waals surface area contributed by atoms with Crippen LogP contribution in [0.3, 0.4) is 0 Å². The fourth-order valence-corrected chi connectivity index (χ4v) is 1.30. The van der Waals surface area contributed by atoms with Gasteiger partial charge < -0.3 is 17.4 Å². The van der Waals surface area contributed by atoms with Gasteiger partial charge in [0.25, 0.3) is 0 Å². The topological polar surface area (TPSA) is 30.2 Å². The Labute approximate surface area is 131 Å². The zero-order valence-corrected chi connectivity index (χ0v) is 11.5. The van der Waals surface area contributed by atoms with Crippen molar-refractivity contribution in [3.8, 4) is 0 Å². The van der Waals surface area contributed by atoms with Gasteiger partial charge in [-0.05, 0) is 6.07 Å². The minimum Gasteiger partial charge on any atom is -0.464 e. The van der Waals surface area contributed by atoms with Gasteiger partial charge in [-0.1, -0.05) is 12.1 Å². The molecule has 0 N–H and O–H groups in total. The molecule has 0 aliphatic carbocycles. The van der Waals surface area contributed by atoms with Crippen LogP contribution in [0.5, 0.6) is 0 Å². The molecule has 0 atom stereocenters. The van der Waals surface area contributed by atoms with Gasteiger partial charge in [-0.2, -0.15) is 0 Å². The molecule has 2 aromatic rings. The monoisotopic (exact) mass is 252 g/mol. The molecule has 78 valence electrons. The predicted molar refractivity (Wildman–Crippen MR) is 51.2 cm³/mol. The first-order valence-electron chi connectivity index (χ1n) is 4.20. The van der Waals surface area contributed by atoms with E-state index in [0.29, 0.717) is 0 Å². The molecule has 16 heavy (non-hydrogen) atoms. The molecule has 0 bridgehead atoms. The van der Waals surface area contributed by atoms with Crippen LogP contribution in [0.15, 0.2) is 39.7 Å². The Balaban J connectivity index is 0.00000128. The van der Waals surface area contributed by atoms with Crippen LogP contribution in [0.4, 0.5) is 12.9 Å². The van der Waals surface area contributed by atoms with E-state index in [-0.39, 0.29) is 67.8 Å². The molecule has 1 aromatic carbocycles. The van der Waals surface area contributed by atoms with Crippen LogP contribution < -0.4 is 62.3 Å². The molecule has 0 fully saturated rings. The molecule has 0 saturated heterocycles. The second kappa shape index (κ2) is 5.05.